The number of hydrogen-bond donors (Lipinski definition) is 2. The minimum atomic E-state index is -0.0816. The summed E-state index contributed by atoms with van der Waals surface area (Å²) in [7, 11) is 0. The van der Waals surface area contributed by atoms with Gasteiger partial charge in [-0.15, -0.1) is 11.3 Å². The van der Waals surface area contributed by atoms with E-state index in [0.717, 1.165) is 34.2 Å². The fourth-order valence-corrected chi connectivity index (χ4v) is 3.01. The Labute approximate surface area is 115 Å². The first kappa shape index (κ1) is 12.2. The third-order valence-electron chi connectivity index (χ3n) is 3.30. The van der Waals surface area contributed by atoms with Crippen LogP contribution < -0.4 is 10.6 Å². The predicted molar refractivity (Wildman–Crippen MR) is 78.8 cm³/mol. The van der Waals surface area contributed by atoms with Crippen LogP contribution in [0.15, 0.2) is 23.6 Å². The summed E-state index contributed by atoms with van der Waals surface area (Å²) in [6.45, 7) is 4.85. The molecule has 2 aromatic rings. The zero-order valence-electron chi connectivity index (χ0n) is 10.9. The summed E-state index contributed by atoms with van der Waals surface area (Å²) in [5, 5.41) is 9.06. The smallest absolute Gasteiger partial charge is 0.231 e. The van der Waals surface area contributed by atoms with Crippen LogP contribution in [0.5, 0.6) is 0 Å². The molecular weight excluding hydrogens is 258 g/mol. The average Bonchev–Trinajstić information content (AvgIpc) is 2.97. The minimum Gasteiger partial charge on any atom is -0.362 e. The van der Waals surface area contributed by atoms with E-state index in [1.807, 2.05) is 24.4 Å². The second-order valence-electron chi connectivity index (χ2n) is 4.58. The number of amides is 1. The molecule has 19 heavy (non-hydrogen) atoms. The number of fused-ring (bicyclic) bond motifs is 1. The maximum Gasteiger partial charge on any atom is 0.231 e. The van der Waals surface area contributed by atoms with Gasteiger partial charge in [0, 0.05) is 23.2 Å². The van der Waals surface area contributed by atoms with E-state index in [1.54, 1.807) is 11.3 Å². The molecule has 98 valence electrons. The summed E-state index contributed by atoms with van der Waals surface area (Å²) >= 11 is 1.60. The Hall–Kier alpha value is -1.88. The number of carbonyl (C=O) groups excluding carboxylic acids is 1. The molecule has 0 bridgehead atoms. The Morgan fingerprint density at radius 1 is 1.47 bits per heavy atom. The highest BCUT2D eigenvalue weighted by Gasteiger charge is 2.26. The zero-order chi connectivity index (χ0) is 13.4. The SMILES string of the molecule is CCNc1nc(-c2ccc3c(c2)[C@H](C)C(=O)N3)cs1. The lowest BCUT2D eigenvalue weighted by atomic mass is 10.00. The zero-order valence-corrected chi connectivity index (χ0v) is 11.7. The molecule has 1 amide bonds. The van der Waals surface area contributed by atoms with Gasteiger partial charge in [0.25, 0.3) is 0 Å². The molecule has 1 atom stereocenters. The molecule has 0 saturated carbocycles. The van der Waals surface area contributed by atoms with E-state index in [1.165, 1.54) is 0 Å². The summed E-state index contributed by atoms with van der Waals surface area (Å²) in [5.41, 5.74) is 3.99. The first-order valence-electron chi connectivity index (χ1n) is 6.33. The number of nitrogens with one attached hydrogen (secondary N) is 2. The highest BCUT2D eigenvalue weighted by Crippen LogP contribution is 2.35. The van der Waals surface area contributed by atoms with Crippen molar-refractivity contribution in [2.24, 2.45) is 0 Å². The van der Waals surface area contributed by atoms with E-state index >= 15 is 0 Å². The molecule has 0 spiro atoms. The van der Waals surface area contributed by atoms with Crippen LogP contribution in [-0.2, 0) is 4.79 Å². The number of aromatic nitrogens is 1. The van der Waals surface area contributed by atoms with Gasteiger partial charge < -0.3 is 10.6 Å². The van der Waals surface area contributed by atoms with Crippen molar-refractivity contribution in [2.75, 3.05) is 17.2 Å². The lowest BCUT2D eigenvalue weighted by molar-refractivity contribution is -0.116. The Bertz CT molecular complexity index is 635. The van der Waals surface area contributed by atoms with Gasteiger partial charge in [0.1, 0.15) is 0 Å². The fourth-order valence-electron chi connectivity index (χ4n) is 2.22. The standard InChI is InChI=1S/C14H15N3OS/c1-3-15-14-17-12(7-19-14)9-4-5-11-10(6-9)8(2)13(18)16-11/h4-8H,3H2,1-2H3,(H,15,17)(H,16,18)/t8-/m0/s1. The van der Waals surface area contributed by atoms with Crippen molar-refractivity contribution >= 4 is 28.1 Å². The molecule has 0 aliphatic carbocycles. The van der Waals surface area contributed by atoms with Crippen LogP contribution in [0.25, 0.3) is 11.3 Å². The van der Waals surface area contributed by atoms with Gasteiger partial charge in [-0.2, -0.15) is 0 Å². The summed E-state index contributed by atoms with van der Waals surface area (Å²) < 4.78 is 0. The highest BCUT2D eigenvalue weighted by molar-refractivity contribution is 7.14. The van der Waals surface area contributed by atoms with E-state index in [-0.39, 0.29) is 11.8 Å². The van der Waals surface area contributed by atoms with Crippen molar-refractivity contribution in [3.8, 4) is 11.3 Å². The topological polar surface area (TPSA) is 54.0 Å². The number of thiazole rings is 1. The highest BCUT2D eigenvalue weighted by atomic mass is 32.1. The minimum absolute atomic E-state index is 0.0683. The number of hydrogen-bond acceptors (Lipinski definition) is 4. The molecule has 0 radical (unpaired) electrons. The normalized spacial score (nSPS) is 17.2. The fraction of sp³-hybridized carbons (Fsp3) is 0.286. The van der Waals surface area contributed by atoms with Crippen molar-refractivity contribution < 1.29 is 4.79 Å². The maximum atomic E-state index is 11.6. The molecule has 2 N–H and O–H groups in total. The molecule has 3 rings (SSSR count). The largest absolute Gasteiger partial charge is 0.362 e. The van der Waals surface area contributed by atoms with Crippen LogP contribution in [0, 0.1) is 0 Å². The first-order valence-corrected chi connectivity index (χ1v) is 7.21. The molecule has 1 aromatic heterocycles. The van der Waals surface area contributed by atoms with Crippen molar-refractivity contribution in [3.05, 3.63) is 29.1 Å². The van der Waals surface area contributed by atoms with E-state index in [0.29, 0.717) is 0 Å². The van der Waals surface area contributed by atoms with Crippen molar-refractivity contribution in [1.82, 2.24) is 4.98 Å². The summed E-state index contributed by atoms with van der Waals surface area (Å²) in [5.74, 6) is -0.0133. The molecule has 1 aliphatic heterocycles. The number of nitrogens with zero attached hydrogens (tertiary/aromatic N) is 1. The number of anilines is 2. The third kappa shape index (κ3) is 2.10. The lowest BCUT2D eigenvalue weighted by Gasteiger charge is -2.03. The van der Waals surface area contributed by atoms with Crippen molar-refractivity contribution in [1.29, 1.82) is 0 Å². The lowest BCUT2D eigenvalue weighted by Crippen LogP contribution is -2.08. The van der Waals surface area contributed by atoms with Gasteiger partial charge in [-0.3, -0.25) is 4.79 Å². The third-order valence-corrected chi connectivity index (χ3v) is 4.10. The Balaban J connectivity index is 1.96. The van der Waals surface area contributed by atoms with Gasteiger partial charge in [-0.1, -0.05) is 6.07 Å². The van der Waals surface area contributed by atoms with Gasteiger partial charge in [0.2, 0.25) is 5.91 Å². The summed E-state index contributed by atoms with van der Waals surface area (Å²) in [4.78, 5) is 16.2. The molecule has 5 heteroatoms. The summed E-state index contributed by atoms with van der Waals surface area (Å²) in [6, 6.07) is 6.02. The Kier molecular flexibility index (Phi) is 2.98. The van der Waals surface area contributed by atoms with Crippen LogP contribution >= 0.6 is 11.3 Å². The van der Waals surface area contributed by atoms with Gasteiger partial charge in [0.15, 0.2) is 5.13 Å². The molecule has 1 aliphatic rings. The molecule has 4 nitrogen and oxygen atoms in total. The quantitative estimate of drug-likeness (QED) is 0.902. The second-order valence-corrected chi connectivity index (χ2v) is 5.44. The molecule has 0 fully saturated rings. The van der Waals surface area contributed by atoms with Gasteiger partial charge in [0.05, 0.1) is 11.6 Å². The average molecular weight is 273 g/mol. The van der Waals surface area contributed by atoms with Gasteiger partial charge in [-0.25, -0.2) is 4.98 Å². The predicted octanol–water partition coefficient (Wildman–Crippen LogP) is 3.30. The molecular formula is C14H15N3OS. The second kappa shape index (κ2) is 4.66. The monoisotopic (exact) mass is 273 g/mol. The van der Waals surface area contributed by atoms with Crippen LogP contribution in [-0.4, -0.2) is 17.4 Å². The van der Waals surface area contributed by atoms with Crippen LogP contribution in [0.2, 0.25) is 0 Å². The molecule has 1 aromatic carbocycles. The number of benzene rings is 1. The van der Waals surface area contributed by atoms with E-state index in [4.69, 9.17) is 0 Å². The van der Waals surface area contributed by atoms with Gasteiger partial charge >= 0.3 is 0 Å². The van der Waals surface area contributed by atoms with Gasteiger partial charge in [-0.05, 0) is 31.5 Å². The first-order chi connectivity index (χ1) is 9.19. The van der Waals surface area contributed by atoms with Crippen LogP contribution in [0.3, 0.4) is 0 Å². The molecule has 0 saturated heterocycles. The van der Waals surface area contributed by atoms with Crippen molar-refractivity contribution in [2.45, 2.75) is 19.8 Å². The summed E-state index contributed by atoms with van der Waals surface area (Å²) in [6.07, 6.45) is 0. The van der Waals surface area contributed by atoms with Crippen molar-refractivity contribution in [3.63, 3.8) is 0 Å². The maximum absolute atomic E-state index is 11.6. The van der Waals surface area contributed by atoms with E-state index in [9.17, 15) is 4.79 Å². The van der Waals surface area contributed by atoms with E-state index < -0.39 is 0 Å². The van der Waals surface area contributed by atoms with Crippen LogP contribution in [0.4, 0.5) is 10.8 Å². The Morgan fingerprint density at radius 3 is 3.11 bits per heavy atom. The molecule has 0 unspecified atom stereocenters. The Morgan fingerprint density at radius 2 is 2.32 bits per heavy atom. The number of carbonyl (C=O) groups is 1. The van der Waals surface area contributed by atoms with Crippen LogP contribution in [0.1, 0.15) is 25.3 Å². The van der Waals surface area contributed by atoms with E-state index in [2.05, 4.69) is 28.6 Å². The molecule has 2 heterocycles. The number of rotatable bonds is 3.